The molecule has 0 saturated carbocycles. The first-order valence-corrected chi connectivity index (χ1v) is 10.9. The average Bonchev–Trinajstić information content (AvgIpc) is 2.79. The zero-order chi connectivity index (χ0) is 21.4. The zero-order valence-corrected chi connectivity index (χ0v) is 18.6. The number of benzene rings is 3. The van der Waals surface area contributed by atoms with Gasteiger partial charge in [-0.05, 0) is 47.1 Å². The Hall–Kier alpha value is -3.35. The van der Waals surface area contributed by atoms with E-state index in [-0.39, 0.29) is 10.3 Å². The summed E-state index contributed by atoms with van der Waals surface area (Å²) in [6, 6.07) is 28.3. The second kappa shape index (κ2) is 8.06. The molecule has 5 aromatic rings. The number of halogens is 1. The Morgan fingerprint density at radius 2 is 1.35 bits per heavy atom. The number of H-pyrrole nitrogens is 2. The molecule has 0 bridgehead atoms. The van der Waals surface area contributed by atoms with Crippen molar-refractivity contribution in [2.24, 2.45) is 0 Å². The zero-order valence-electron chi connectivity index (χ0n) is 16.2. The highest BCUT2D eigenvalue weighted by atomic mass is 79.9. The van der Waals surface area contributed by atoms with Crippen molar-refractivity contribution < 1.29 is 0 Å². The van der Waals surface area contributed by atoms with Crippen molar-refractivity contribution in [1.29, 1.82) is 0 Å². The number of fused-ring (bicyclic) bond motifs is 1. The van der Waals surface area contributed by atoms with Gasteiger partial charge < -0.3 is 4.98 Å². The summed E-state index contributed by atoms with van der Waals surface area (Å²) >= 11 is 8.65. The predicted octanol–water partition coefficient (Wildman–Crippen LogP) is 6.74. The lowest BCUT2D eigenvalue weighted by molar-refractivity contribution is 1.11. The van der Waals surface area contributed by atoms with Crippen LogP contribution < -0.4 is 5.56 Å². The number of aromatic amines is 2. The Kier molecular flexibility index (Phi) is 5.10. The highest BCUT2D eigenvalue weighted by Gasteiger charge is 2.13. The SMILES string of the molecule is O=c1[nH]c(=S)[nH]c2nc(-c3ccc(-c4ccccc4)cc3)cc(-c3ccc(Br)cc3)c12. The molecule has 0 atom stereocenters. The first-order valence-electron chi connectivity index (χ1n) is 9.68. The van der Waals surface area contributed by atoms with Gasteiger partial charge in [-0.3, -0.25) is 9.78 Å². The molecule has 31 heavy (non-hydrogen) atoms. The Morgan fingerprint density at radius 1 is 0.742 bits per heavy atom. The largest absolute Gasteiger partial charge is 0.316 e. The van der Waals surface area contributed by atoms with E-state index in [9.17, 15) is 4.79 Å². The van der Waals surface area contributed by atoms with Gasteiger partial charge in [-0.2, -0.15) is 0 Å². The van der Waals surface area contributed by atoms with Gasteiger partial charge in [0.05, 0.1) is 11.1 Å². The first kappa shape index (κ1) is 19.6. The fourth-order valence-corrected chi connectivity index (χ4v) is 4.09. The van der Waals surface area contributed by atoms with Gasteiger partial charge in [0.1, 0.15) is 5.65 Å². The molecule has 150 valence electrons. The number of nitrogens with one attached hydrogen (secondary N) is 2. The molecule has 0 saturated heterocycles. The maximum Gasteiger partial charge on any atom is 0.261 e. The normalized spacial score (nSPS) is 11.0. The molecule has 0 aliphatic rings. The van der Waals surface area contributed by atoms with Gasteiger partial charge in [-0.15, -0.1) is 0 Å². The molecule has 0 amide bonds. The summed E-state index contributed by atoms with van der Waals surface area (Å²) in [5.74, 6) is 0. The Morgan fingerprint density at radius 3 is 2.06 bits per heavy atom. The fraction of sp³-hybridized carbons (Fsp3) is 0. The Bertz CT molecular complexity index is 1510. The monoisotopic (exact) mass is 485 g/mol. The Balaban J connectivity index is 1.70. The van der Waals surface area contributed by atoms with Crippen molar-refractivity contribution in [3.63, 3.8) is 0 Å². The molecule has 2 N–H and O–H groups in total. The molecule has 0 radical (unpaired) electrons. The minimum absolute atomic E-state index is 0.253. The van der Waals surface area contributed by atoms with Crippen LogP contribution in [0.1, 0.15) is 0 Å². The molecule has 5 rings (SSSR count). The molecule has 3 aromatic carbocycles. The number of hydrogen-bond donors (Lipinski definition) is 2. The van der Waals surface area contributed by atoms with E-state index >= 15 is 0 Å². The molecular weight excluding hydrogens is 470 g/mol. The van der Waals surface area contributed by atoms with E-state index in [0.717, 1.165) is 38.0 Å². The average molecular weight is 486 g/mol. The van der Waals surface area contributed by atoms with Crippen molar-refractivity contribution in [3.05, 3.63) is 105 Å². The second-order valence-corrected chi connectivity index (χ2v) is 8.46. The molecule has 0 fully saturated rings. The maximum absolute atomic E-state index is 12.7. The first-order chi connectivity index (χ1) is 15.1. The van der Waals surface area contributed by atoms with Crippen LogP contribution >= 0.6 is 28.1 Å². The van der Waals surface area contributed by atoms with Crippen LogP contribution in [0.3, 0.4) is 0 Å². The van der Waals surface area contributed by atoms with Crippen LogP contribution in [0.15, 0.2) is 94.2 Å². The van der Waals surface area contributed by atoms with Crippen LogP contribution in [-0.2, 0) is 0 Å². The number of pyridine rings is 1. The van der Waals surface area contributed by atoms with E-state index in [2.05, 4.69) is 50.2 Å². The lowest BCUT2D eigenvalue weighted by Gasteiger charge is -2.10. The van der Waals surface area contributed by atoms with E-state index in [4.69, 9.17) is 17.2 Å². The second-order valence-electron chi connectivity index (χ2n) is 7.14. The van der Waals surface area contributed by atoms with Crippen molar-refractivity contribution in [1.82, 2.24) is 15.0 Å². The van der Waals surface area contributed by atoms with Gasteiger partial charge in [0.15, 0.2) is 4.77 Å². The molecule has 0 unspecified atom stereocenters. The minimum atomic E-state index is -0.254. The van der Waals surface area contributed by atoms with Crippen LogP contribution in [0.5, 0.6) is 0 Å². The number of nitrogens with zero attached hydrogens (tertiary/aromatic N) is 1. The van der Waals surface area contributed by atoms with Crippen molar-refractivity contribution >= 4 is 39.2 Å². The lowest BCUT2D eigenvalue weighted by Crippen LogP contribution is -2.10. The molecule has 0 spiro atoms. The summed E-state index contributed by atoms with van der Waals surface area (Å²) < 4.78 is 1.22. The molecule has 2 aromatic heterocycles. The van der Waals surface area contributed by atoms with E-state index in [0.29, 0.717) is 11.0 Å². The molecular formula is C25H16BrN3OS. The van der Waals surface area contributed by atoms with Gasteiger partial charge in [-0.25, -0.2) is 4.98 Å². The van der Waals surface area contributed by atoms with Gasteiger partial charge >= 0.3 is 0 Å². The predicted molar refractivity (Wildman–Crippen MR) is 132 cm³/mol. The molecule has 0 aliphatic heterocycles. The molecule has 2 heterocycles. The number of hydrogen-bond acceptors (Lipinski definition) is 3. The summed E-state index contributed by atoms with van der Waals surface area (Å²) in [7, 11) is 0. The summed E-state index contributed by atoms with van der Waals surface area (Å²) in [4.78, 5) is 23.2. The summed E-state index contributed by atoms with van der Waals surface area (Å²) in [6.07, 6.45) is 0. The van der Waals surface area contributed by atoms with Crippen LogP contribution in [0.2, 0.25) is 0 Å². The highest BCUT2D eigenvalue weighted by molar-refractivity contribution is 9.10. The van der Waals surface area contributed by atoms with E-state index < -0.39 is 0 Å². The van der Waals surface area contributed by atoms with Crippen LogP contribution in [-0.4, -0.2) is 15.0 Å². The van der Waals surface area contributed by atoms with Gasteiger partial charge in [0, 0.05) is 15.6 Å². The van der Waals surface area contributed by atoms with Crippen molar-refractivity contribution in [3.8, 4) is 33.5 Å². The third-order valence-electron chi connectivity index (χ3n) is 5.15. The highest BCUT2D eigenvalue weighted by Crippen LogP contribution is 2.31. The van der Waals surface area contributed by atoms with Gasteiger partial charge in [0.2, 0.25) is 0 Å². The van der Waals surface area contributed by atoms with E-state index in [1.54, 1.807) is 0 Å². The van der Waals surface area contributed by atoms with Crippen LogP contribution in [0, 0.1) is 4.77 Å². The van der Waals surface area contributed by atoms with Crippen molar-refractivity contribution in [2.45, 2.75) is 0 Å². The fourth-order valence-electron chi connectivity index (χ4n) is 3.64. The van der Waals surface area contributed by atoms with Gasteiger partial charge in [0.25, 0.3) is 5.56 Å². The standard InChI is InChI=1S/C25H16BrN3OS/c26-19-12-10-17(11-13-19)20-14-21(27-23-22(20)24(30)29-25(31)28-23)18-8-6-16(7-9-18)15-4-2-1-3-5-15/h1-14H,(H2,27,28,29,30,31). The van der Waals surface area contributed by atoms with Crippen LogP contribution in [0.25, 0.3) is 44.5 Å². The molecule has 6 heteroatoms. The van der Waals surface area contributed by atoms with E-state index in [1.807, 2.05) is 60.7 Å². The summed E-state index contributed by atoms with van der Waals surface area (Å²) in [6.45, 7) is 0. The van der Waals surface area contributed by atoms with Crippen LogP contribution in [0.4, 0.5) is 0 Å². The molecule has 4 nitrogen and oxygen atoms in total. The third-order valence-corrected chi connectivity index (χ3v) is 5.88. The number of rotatable bonds is 3. The molecule has 0 aliphatic carbocycles. The topological polar surface area (TPSA) is 61.5 Å². The maximum atomic E-state index is 12.7. The third kappa shape index (κ3) is 3.87. The lowest BCUT2D eigenvalue weighted by atomic mass is 9.99. The van der Waals surface area contributed by atoms with Crippen molar-refractivity contribution in [2.75, 3.05) is 0 Å². The summed E-state index contributed by atoms with van der Waals surface area (Å²) in [5, 5.41) is 0.487. The summed E-state index contributed by atoms with van der Waals surface area (Å²) in [5.41, 5.74) is 5.95. The Labute approximate surface area is 191 Å². The number of aromatic nitrogens is 3. The van der Waals surface area contributed by atoms with Gasteiger partial charge in [-0.1, -0.05) is 82.7 Å². The smallest absolute Gasteiger partial charge is 0.261 e. The van der Waals surface area contributed by atoms with E-state index in [1.165, 1.54) is 0 Å². The quantitative estimate of drug-likeness (QED) is 0.278. The minimum Gasteiger partial charge on any atom is -0.316 e.